The van der Waals surface area contributed by atoms with Crippen LogP contribution in [-0.2, 0) is 0 Å². The molecular formula is C16H27Br2NS. The molecule has 4 heteroatoms. The van der Waals surface area contributed by atoms with Crippen molar-refractivity contribution in [3.63, 3.8) is 0 Å². The van der Waals surface area contributed by atoms with Crippen molar-refractivity contribution in [1.29, 1.82) is 0 Å². The van der Waals surface area contributed by atoms with Crippen LogP contribution < -0.4 is 5.32 Å². The van der Waals surface area contributed by atoms with Gasteiger partial charge in [-0.25, -0.2) is 0 Å². The lowest BCUT2D eigenvalue weighted by Crippen LogP contribution is -2.14. The average Bonchev–Trinajstić information content (AvgIpc) is 2.77. The van der Waals surface area contributed by atoms with Gasteiger partial charge >= 0.3 is 0 Å². The van der Waals surface area contributed by atoms with Gasteiger partial charge in [0.05, 0.1) is 3.79 Å². The second-order valence-electron chi connectivity index (χ2n) is 5.38. The van der Waals surface area contributed by atoms with E-state index in [4.69, 9.17) is 0 Å². The van der Waals surface area contributed by atoms with Crippen molar-refractivity contribution < 1.29 is 0 Å². The fourth-order valence-electron chi connectivity index (χ4n) is 2.45. The van der Waals surface area contributed by atoms with E-state index in [0.717, 1.165) is 0 Å². The fraction of sp³-hybridized carbons (Fsp3) is 0.750. The topological polar surface area (TPSA) is 12.0 Å². The minimum atomic E-state index is 0.502. The van der Waals surface area contributed by atoms with Gasteiger partial charge < -0.3 is 5.32 Å². The van der Waals surface area contributed by atoms with E-state index in [-0.39, 0.29) is 0 Å². The third-order valence-electron chi connectivity index (χ3n) is 3.70. The summed E-state index contributed by atoms with van der Waals surface area (Å²) in [6.45, 7) is 2.28. The molecule has 0 spiro atoms. The number of rotatable bonds is 11. The molecule has 1 N–H and O–H groups in total. The first-order valence-electron chi connectivity index (χ1n) is 7.81. The van der Waals surface area contributed by atoms with Gasteiger partial charge in [-0.05, 0) is 51.4 Å². The van der Waals surface area contributed by atoms with Gasteiger partial charge in [0.15, 0.2) is 0 Å². The maximum Gasteiger partial charge on any atom is 0.0843 e. The Morgan fingerprint density at radius 3 is 2.15 bits per heavy atom. The molecule has 0 saturated carbocycles. The molecule has 0 aromatic carbocycles. The van der Waals surface area contributed by atoms with Gasteiger partial charge in [0, 0.05) is 15.4 Å². The normalized spacial score (nSPS) is 12.8. The highest BCUT2D eigenvalue weighted by Gasteiger charge is 2.13. The summed E-state index contributed by atoms with van der Waals surface area (Å²) in [5.74, 6) is 0. The Morgan fingerprint density at radius 1 is 1.05 bits per heavy atom. The van der Waals surface area contributed by atoms with Crippen molar-refractivity contribution >= 4 is 43.2 Å². The van der Waals surface area contributed by atoms with Crippen molar-refractivity contribution in [2.45, 2.75) is 70.8 Å². The zero-order chi connectivity index (χ0) is 14.8. The number of thiophene rings is 1. The first-order chi connectivity index (χ1) is 9.69. The minimum absolute atomic E-state index is 0.502. The van der Waals surface area contributed by atoms with Gasteiger partial charge in [0.25, 0.3) is 0 Å². The van der Waals surface area contributed by atoms with Crippen molar-refractivity contribution in [1.82, 2.24) is 5.32 Å². The summed E-state index contributed by atoms with van der Waals surface area (Å²) in [5, 5.41) is 3.45. The van der Waals surface area contributed by atoms with Gasteiger partial charge in [0.1, 0.15) is 0 Å². The van der Waals surface area contributed by atoms with E-state index in [0.29, 0.717) is 6.04 Å². The van der Waals surface area contributed by atoms with Crippen LogP contribution in [0.2, 0.25) is 0 Å². The van der Waals surface area contributed by atoms with Crippen LogP contribution in [0.25, 0.3) is 0 Å². The largest absolute Gasteiger partial charge is 0.312 e. The second kappa shape index (κ2) is 11.2. The van der Waals surface area contributed by atoms with Crippen LogP contribution in [0.1, 0.15) is 75.6 Å². The number of hydrogen-bond donors (Lipinski definition) is 1. The lowest BCUT2D eigenvalue weighted by molar-refractivity contribution is 0.499. The van der Waals surface area contributed by atoms with Gasteiger partial charge in [-0.1, -0.05) is 58.3 Å². The zero-order valence-electron chi connectivity index (χ0n) is 12.7. The summed E-state index contributed by atoms with van der Waals surface area (Å²) in [7, 11) is 2.07. The molecule has 0 aliphatic rings. The van der Waals surface area contributed by atoms with Crippen LogP contribution >= 0.6 is 43.2 Å². The smallest absolute Gasteiger partial charge is 0.0843 e. The molecule has 0 saturated heterocycles. The molecule has 0 radical (unpaired) electrons. The molecule has 1 atom stereocenters. The lowest BCUT2D eigenvalue weighted by Gasteiger charge is -2.14. The van der Waals surface area contributed by atoms with Crippen molar-refractivity contribution in [3.05, 3.63) is 19.2 Å². The second-order valence-corrected chi connectivity index (χ2v) is 8.63. The highest BCUT2D eigenvalue weighted by molar-refractivity contribution is 9.13. The molecule has 0 amide bonds. The maximum absolute atomic E-state index is 3.58. The van der Waals surface area contributed by atoms with Crippen LogP contribution in [0.3, 0.4) is 0 Å². The zero-order valence-corrected chi connectivity index (χ0v) is 16.7. The van der Waals surface area contributed by atoms with Gasteiger partial charge in [-0.15, -0.1) is 11.3 Å². The van der Waals surface area contributed by atoms with Gasteiger partial charge in [0.2, 0.25) is 0 Å². The van der Waals surface area contributed by atoms with E-state index in [1.165, 1.54) is 70.9 Å². The summed E-state index contributed by atoms with van der Waals surface area (Å²) in [6, 6.07) is 2.74. The molecule has 20 heavy (non-hydrogen) atoms. The lowest BCUT2D eigenvalue weighted by atomic mass is 10.0. The molecule has 0 bridgehead atoms. The molecule has 1 nitrogen and oxygen atoms in total. The van der Waals surface area contributed by atoms with Crippen molar-refractivity contribution in [2.24, 2.45) is 0 Å². The molecule has 1 aromatic rings. The number of unbranched alkanes of at least 4 members (excludes halogenated alkanes) is 7. The van der Waals surface area contributed by atoms with E-state index in [1.807, 2.05) is 11.3 Å². The Bertz CT molecular complexity index is 346. The van der Waals surface area contributed by atoms with Crippen LogP contribution in [0.4, 0.5) is 0 Å². The number of halogens is 2. The molecule has 1 aromatic heterocycles. The van der Waals surface area contributed by atoms with E-state index in [9.17, 15) is 0 Å². The molecule has 1 rings (SSSR count). The first-order valence-corrected chi connectivity index (χ1v) is 10.2. The maximum atomic E-state index is 3.58. The molecule has 1 unspecified atom stereocenters. The Balaban J connectivity index is 2.16. The Morgan fingerprint density at radius 2 is 1.65 bits per heavy atom. The highest BCUT2D eigenvalue weighted by Crippen LogP contribution is 2.36. The molecule has 0 aliphatic heterocycles. The highest BCUT2D eigenvalue weighted by atomic mass is 79.9. The summed E-state index contributed by atoms with van der Waals surface area (Å²) >= 11 is 8.98. The van der Waals surface area contributed by atoms with Crippen LogP contribution in [-0.4, -0.2) is 7.05 Å². The molecule has 0 aliphatic carbocycles. The number of hydrogen-bond acceptors (Lipinski definition) is 2. The molecular weight excluding hydrogens is 398 g/mol. The van der Waals surface area contributed by atoms with Crippen LogP contribution in [0, 0.1) is 0 Å². The van der Waals surface area contributed by atoms with Crippen LogP contribution in [0.15, 0.2) is 14.3 Å². The first kappa shape index (κ1) is 18.7. The summed E-state index contributed by atoms with van der Waals surface area (Å²) in [6.07, 6.45) is 12.4. The summed E-state index contributed by atoms with van der Waals surface area (Å²) < 4.78 is 2.37. The number of nitrogens with one attached hydrogen (secondary N) is 1. The van der Waals surface area contributed by atoms with E-state index < -0.39 is 0 Å². The van der Waals surface area contributed by atoms with Crippen LogP contribution in [0.5, 0.6) is 0 Å². The predicted molar refractivity (Wildman–Crippen MR) is 98.7 cm³/mol. The molecule has 0 fully saturated rings. The Labute approximate surface area is 145 Å². The Hall–Kier alpha value is 0.620. The summed E-state index contributed by atoms with van der Waals surface area (Å²) in [5.41, 5.74) is 0. The third-order valence-corrected chi connectivity index (χ3v) is 7.07. The minimum Gasteiger partial charge on any atom is -0.312 e. The fourth-order valence-corrected chi connectivity index (χ4v) is 4.68. The molecule has 1 heterocycles. The SMILES string of the molecule is CCCCCCCCCCC(NC)c1cc(Br)c(Br)s1. The Kier molecular flexibility index (Phi) is 10.5. The van der Waals surface area contributed by atoms with E-state index in [2.05, 4.69) is 57.2 Å². The van der Waals surface area contributed by atoms with Gasteiger partial charge in [-0.2, -0.15) is 0 Å². The quantitative estimate of drug-likeness (QED) is 0.374. The average molecular weight is 425 g/mol. The monoisotopic (exact) mass is 423 g/mol. The summed E-state index contributed by atoms with van der Waals surface area (Å²) in [4.78, 5) is 1.43. The molecule has 116 valence electrons. The third kappa shape index (κ3) is 7.06. The van der Waals surface area contributed by atoms with Crippen molar-refractivity contribution in [2.75, 3.05) is 7.05 Å². The van der Waals surface area contributed by atoms with E-state index in [1.54, 1.807) is 0 Å². The standard InChI is InChI=1S/C16H27Br2NS/c1-3-4-5-6-7-8-9-10-11-14(19-2)15-12-13(17)16(18)20-15/h12,14,19H,3-11H2,1-2H3. The van der Waals surface area contributed by atoms with Gasteiger partial charge in [-0.3, -0.25) is 0 Å². The van der Waals surface area contributed by atoms with E-state index >= 15 is 0 Å². The predicted octanol–water partition coefficient (Wildman–Crippen LogP) is 7.06. The van der Waals surface area contributed by atoms with Crippen molar-refractivity contribution in [3.8, 4) is 0 Å².